The molecule has 0 saturated carbocycles. The molecule has 0 aliphatic carbocycles. The van der Waals surface area contributed by atoms with Crippen molar-refractivity contribution in [1.29, 1.82) is 5.26 Å². The molecule has 1 aromatic rings. The number of benzene rings is 1. The topological polar surface area (TPSA) is 42.2 Å². The molecule has 74 valence electrons. The molecule has 1 rings (SSSR count). The van der Waals surface area contributed by atoms with Crippen LogP contribution < -0.4 is 9.47 Å². The molecule has 0 unspecified atom stereocenters. The Kier molecular flexibility index (Phi) is 4.01. The van der Waals surface area contributed by atoms with Crippen molar-refractivity contribution < 1.29 is 9.47 Å². The van der Waals surface area contributed by atoms with Crippen LogP contribution in [0, 0.1) is 14.9 Å². The summed E-state index contributed by atoms with van der Waals surface area (Å²) in [5.41, 5.74) is 0.582. The van der Waals surface area contributed by atoms with E-state index in [4.69, 9.17) is 14.7 Å². The highest BCUT2D eigenvalue weighted by Gasteiger charge is 2.10. The summed E-state index contributed by atoms with van der Waals surface area (Å²) < 4.78 is 11.4. The van der Waals surface area contributed by atoms with Gasteiger partial charge in [-0.1, -0.05) is 0 Å². The Morgan fingerprint density at radius 2 is 2.21 bits per heavy atom. The van der Waals surface area contributed by atoms with E-state index in [0.717, 1.165) is 3.57 Å². The van der Waals surface area contributed by atoms with Crippen LogP contribution >= 0.6 is 22.6 Å². The second-order valence-corrected chi connectivity index (χ2v) is 3.70. The molecule has 3 nitrogen and oxygen atoms in total. The van der Waals surface area contributed by atoms with Gasteiger partial charge in [0.25, 0.3) is 0 Å². The van der Waals surface area contributed by atoms with Gasteiger partial charge in [-0.2, -0.15) is 5.26 Å². The van der Waals surface area contributed by atoms with Gasteiger partial charge in [-0.25, -0.2) is 0 Å². The number of rotatable bonds is 3. The normalized spacial score (nSPS) is 9.29. The minimum absolute atomic E-state index is 0.557. The zero-order chi connectivity index (χ0) is 10.6. The molecule has 0 spiro atoms. The van der Waals surface area contributed by atoms with Gasteiger partial charge in [-0.15, -0.1) is 0 Å². The lowest BCUT2D eigenvalue weighted by molar-refractivity contribution is 0.309. The lowest BCUT2D eigenvalue weighted by Crippen LogP contribution is -1.97. The van der Waals surface area contributed by atoms with Gasteiger partial charge >= 0.3 is 0 Å². The highest BCUT2D eigenvalue weighted by atomic mass is 127. The van der Waals surface area contributed by atoms with Crippen molar-refractivity contribution in [3.8, 4) is 17.6 Å². The highest BCUT2D eigenvalue weighted by molar-refractivity contribution is 14.1. The maximum atomic E-state index is 8.77. The van der Waals surface area contributed by atoms with Crippen molar-refractivity contribution in [2.24, 2.45) is 0 Å². The fourth-order valence-corrected chi connectivity index (χ4v) is 1.92. The summed E-state index contributed by atoms with van der Waals surface area (Å²) in [6.45, 7) is 2.45. The monoisotopic (exact) mass is 303 g/mol. The first-order chi connectivity index (χ1) is 6.72. The molecule has 0 fully saturated rings. The summed E-state index contributed by atoms with van der Waals surface area (Å²) in [4.78, 5) is 0. The van der Waals surface area contributed by atoms with Crippen LogP contribution in [0.4, 0.5) is 0 Å². The van der Waals surface area contributed by atoms with Crippen LogP contribution in [0.15, 0.2) is 12.1 Å². The molecule has 14 heavy (non-hydrogen) atoms. The van der Waals surface area contributed by atoms with Crippen molar-refractivity contribution in [3.05, 3.63) is 21.3 Å². The highest BCUT2D eigenvalue weighted by Crippen LogP contribution is 2.33. The van der Waals surface area contributed by atoms with E-state index < -0.39 is 0 Å². The summed E-state index contributed by atoms with van der Waals surface area (Å²) in [6, 6.07) is 5.53. The fraction of sp³-hybridized carbons (Fsp3) is 0.300. The van der Waals surface area contributed by atoms with Crippen molar-refractivity contribution >= 4 is 22.6 Å². The van der Waals surface area contributed by atoms with E-state index >= 15 is 0 Å². The smallest absolute Gasteiger partial charge is 0.174 e. The number of methoxy groups -OCH3 is 1. The Morgan fingerprint density at radius 3 is 2.71 bits per heavy atom. The van der Waals surface area contributed by atoms with Gasteiger partial charge in [0.1, 0.15) is 0 Å². The van der Waals surface area contributed by atoms with Crippen molar-refractivity contribution in [3.63, 3.8) is 0 Å². The molecule has 0 aromatic heterocycles. The first-order valence-corrected chi connectivity index (χ1v) is 5.21. The molecule has 1 aromatic carbocycles. The Labute approximate surface area is 96.8 Å². The second-order valence-electron chi connectivity index (χ2n) is 2.53. The van der Waals surface area contributed by atoms with Crippen molar-refractivity contribution in [1.82, 2.24) is 0 Å². The van der Waals surface area contributed by atoms with Gasteiger partial charge in [0.15, 0.2) is 11.5 Å². The number of halogens is 1. The minimum Gasteiger partial charge on any atom is -0.492 e. The van der Waals surface area contributed by atoms with Gasteiger partial charge in [-0.3, -0.25) is 0 Å². The lowest BCUT2D eigenvalue weighted by atomic mass is 10.2. The average Bonchev–Trinajstić information content (AvgIpc) is 2.18. The number of hydrogen-bond donors (Lipinski definition) is 0. The predicted octanol–water partition coefficient (Wildman–Crippen LogP) is 2.57. The zero-order valence-corrected chi connectivity index (χ0v) is 10.2. The third-order valence-corrected chi connectivity index (χ3v) is 2.44. The first-order valence-electron chi connectivity index (χ1n) is 4.13. The van der Waals surface area contributed by atoms with Crippen LogP contribution in [-0.2, 0) is 0 Å². The quantitative estimate of drug-likeness (QED) is 0.806. The standard InChI is InChI=1S/C10H10INO2/c1-3-14-9-5-7(6-12)4-8(11)10(9)13-2/h4-5H,3H2,1-2H3. The molecule has 0 saturated heterocycles. The van der Waals surface area contributed by atoms with Crippen LogP contribution in [0.2, 0.25) is 0 Å². The second kappa shape index (κ2) is 5.05. The molecule has 4 heteroatoms. The van der Waals surface area contributed by atoms with Gasteiger partial charge < -0.3 is 9.47 Å². The number of hydrogen-bond acceptors (Lipinski definition) is 3. The van der Waals surface area contributed by atoms with E-state index in [2.05, 4.69) is 28.7 Å². The zero-order valence-electron chi connectivity index (χ0n) is 8.00. The van der Waals surface area contributed by atoms with Crippen molar-refractivity contribution in [2.75, 3.05) is 13.7 Å². The summed E-state index contributed by atoms with van der Waals surface area (Å²) in [5.74, 6) is 1.31. The Morgan fingerprint density at radius 1 is 1.50 bits per heavy atom. The van der Waals surface area contributed by atoms with E-state index in [1.807, 2.05) is 6.92 Å². The molecule has 0 N–H and O–H groups in total. The summed E-state index contributed by atoms with van der Waals surface area (Å²) in [7, 11) is 1.59. The number of nitrogens with zero attached hydrogens (tertiary/aromatic N) is 1. The van der Waals surface area contributed by atoms with Gasteiger partial charge in [0.2, 0.25) is 0 Å². The van der Waals surface area contributed by atoms with E-state index in [0.29, 0.717) is 23.7 Å². The minimum atomic E-state index is 0.557. The van der Waals surface area contributed by atoms with Gasteiger partial charge in [0.05, 0.1) is 28.9 Å². The maximum absolute atomic E-state index is 8.77. The molecular formula is C10H10INO2. The molecular weight excluding hydrogens is 293 g/mol. The number of ether oxygens (including phenoxy) is 2. The first kappa shape index (κ1) is 11.1. The largest absolute Gasteiger partial charge is 0.492 e. The van der Waals surface area contributed by atoms with Crippen molar-refractivity contribution in [2.45, 2.75) is 6.92 Å². The molecule has 0 aliphatic heterocycles. The third-order valence-electron chi connectivity index (χ3n) is 1.64. The van der Waals surface area contributed by atoms with Crippen LogP contribution in [0.25, 0.3) is 0 Å². The van der Waals surface area contributed by atoms with E-state index in [-0.39, 0.29) is 0 Å². The maximum Gasteiger partial charge on any atom is 0.174 e. The van der Waals surface area contributed by atoms with Gasteiger partial charge in [-0.05, 0) is 35.6 Å². The SMILES string of the molecule is CCOc1cc(C#N)cc(I)c1OC. The van der Waals surface area contributed by atoms with Gasteiger partial charge in [0, 0.05) is 6.07 Å². The molecule has 0 atom stereocenters. The predicted molar refractivity (Wildman–Crippen MR) is 61.6 cm³/mol. The Balaban J connectivity index is 3.22. The van der Waals surface area contributed by atoms with Crippen LogP contribution in [0.5, 0.6) is 11.5 Å². The Bertz CT molecular complexity index is 371. The third kappa shape index (κ3) is 2.29. The van der Waals surface area contributed by atoms with E-state index in [9.17, 15) is 0 Å². The fourth-order valence-electron chi connectivity index (χ4n) is 1.09. The lowest BCUT2D eigenvalue weighted by Gasteiger charge is -2.10. The summed E-state index contributed by atoms with van der Waals surface area (Å²) in [6.07, 6.45) is 0. The molecule has 0 radical (unpaired) electrons. The van der Waals surface area contributed by atoms with Crippen LogP contribution in [0.3, 0.4) is 0 Å². The molecule has 0 aliphatic rings. The van der Waals surface area contributed by atoms with Crippen LogP contribution in [-0.4, -0.2) is 13.7 Å². The number of nitriles is 1. The summed E-state index contributed by atoms with van der Waals surface area (Å²) >= 11 is 2.12. The average molecular weight is 303 g/mol. The molecule has 0 amide bonds. The Hall–Kier alpha value is -0.960. The summed E-state index contributed by atoms with van der Waals surface area (Å²) in [5, 5.41) is 8.77. The van der Waals surface area contributed by atoms with Crippen LogP contribution in [0.1, 0.15) is 12.5 Å². The molecule has 0 heterocycles. The molecule has 0 bridgehead atoms. The van der Waals surface area contributed by atoms with E-state index in [1.54, 1.807) is 19.2 Å². The van der Waals surface area contributed by atoms with E-state index in [1.165, 1.54) is 0 Å².